The Morgan fingerprint density at radius 1 is 1.04 bits per heavy atom. The van der Waals surface area contributed by atoms with Crippen molar-refractivity contribution in [3.05, 3.63) is 55.6 Å². The highest BCUT2D eigenvalue weighted by Gasteiger charge is 2.23. The van der Waals surface area contributed by atoms with Crippen LogP contribution in [0, 0.1) is 0 Å². The number of nitrogens with zero attached hydrogens (tertiary/aromatic N) is 1. The summed E-state index contributed by atoms with van der Waals surface area (Å²) < 4.78 is 24.0. The van der Waals surface area contributed by atoms with E-state index >= 15 is 0 Å². The zero-order valence-electron chi connectivity index (χ0n) is 12.8. The van der Waals surface area contributed by atoms with E-state index in [-0.39, 0.29) is 13.1 Å². The second-order valence-electron chi connectivity index (χ2n) is 4.82. The van der Waals surface area contributed by atoms with Crippen molar-refractivity contribution in [1.82, 2.24) is 4.90 Å². The third-order valence-electron chi connectivity index (χ3n) is 2.80. The molecule has 0 aliphatic carbocycles. The Kier molecular flexibility index (Phi) is 7.21. The third-order valence-corrected chi connectivity index (χ3v) is 4.19. The molecule has 0 spiro atoms. The summed E-state index contributed by atoms with van der Waals surface area (Å²) in [6.45, 7) is 7.47. The largest absolute Gasteiger partial charge is 0.334 e. The maximum absolute atomic E-state index is 12.0. The number of hydrogen-bond acceptors (Lipinski definition) is 4. The summed E-state index contributed by atoms with van der Waals surface area (Å²) in [4.78, 5) is 25.1. The molecule has 23 heavy (non-hydrogen) atoms. The van der Waals surface area contributed by atoms with Crippen molar-refractivity contribution in [2.45, 2.75) is 0 Å². The van der Waals surface area contributed by atoms with Crippen LogP contribution in [0.5, 0.6) is 0 Å². The fraction of sp³-hybridized carbons (Fsp3) is 0.250. The molecule has 0 radical (unpaired) electrons. The fourth-order valence-electron chi connectivity index (χ4n) is 1.84. The summed E-state index contributed by atoms with van der Waals surface area (Å²) in [5.41, 5.74) is 0.499. The molecule has 2 amide bonds. The highest BCUT2D eigenvalue weighted by atomic mass is 32.2. The van der Waals surface area contributed by atoms with E-state index in [1.807, 2.05) is 0 Å². The van der Waals surface area contributed by atoms with Crippen LogP contribution in [-0.4, -0.2) is 49.7 Å². The first-order chi connectivity index (χ1) is 10.9. The SMILES string of the molecule is C=CCN(CC=C)C(=O)CS(=O)(=O)CC(=O)Nc1ccccc1. The smallest absolute Gasteiger partial charge is 0.239 e. The quantitative estimate of drug-likeness (QED) is 0.688. The van der Waals surface area contributed by atoms with Crippen molar-refractivity contribution in [1.29, 1.82) is 0 Å². The van der Waals surface area contributed by atoms with Crippen LogP contribution in [0.3, 0.4) is 0 Å². The molecule has 0 aliphatic rings. The Labute approximate surface area is 136 Å². The highest BCUT2D eigenvalue weighted by Crippen LogP contribution is 2.06. The number of sulfone groups is 1. The predicted molar refractivity (Wildman–Crippen MR) is 90.7 cm³/mol. The lowest BCUT2D eigenvalue weighted by molar-refractivity contribution is -0.127. The van der Waals surface area contributed by atoms with Crippen LogP contribution in [0.1, 0.15) is 0 Å². The van der Waals surface area contributed by atoms with Crippen LogP contribution in [0.2, 0.25) is 0 Å². The third kappa shape index (κ3) is 6.92. The van der Waals surface area contributed by atoms with Gasteiger partial charge in [0.05, 0.1) is 0 Å². The van der Waals surface area contributed by atoms with Crippen LogP contribution in [-0.2, 0) is 19.4 Å². The molecule has 0 saturated carbocycles. The first-order valence-corrected chi connectivity index (χ1v) is 8.75. The first kappa shape index (κ1) is 18.6. The van der Waals surface area contributed by atoms with Gasteiger partial charge in [-0.15, -0.1) is 13.2 Å². The Balaban J connectivity index is 2.64. The molecule has 1 aromatic rings. The fourth-order valence-corrected chi connectivity index (χ4v) is 2.97. The normalized spacial score (nSPS) is 10.6. The van der Waals surface area contributed by atoms with Crippen molar-refractivity contribution in [2.75, 3.05) is 29.9 Å². The Morgan fingerprint density at radius 3 is 2.13 bits per heavy atom. The lowest BCUT2D eigenvalue weighted by atomic mass is 10.3. The van der Waals surface area contributed by atoms with Gasteiger partial charge in [-0.25, -0.2) is 8.42 Å². The van der Waals surface area contributed by atoms with Crippen molar-refractivity contribution < 1.29 is 18.0 Å². The van der Waals surface area contributed by atoms with Gasteiger partial charge < -0.3 is 10.2 Å². The molecule has 1 rings (SSSR count). The van der Waals surface area contributed by atoms with E-state index in [4.69, 9.17) is 0 Å². The van der Waals surface area contributed by atoms with Gasteiger partial charge in [0.15, 0.2) is 9.84 Å². The van der Waals surface area contributed by atoms with Gasteiger partial charge in [0.1, 0.15) is 11.5 Å². The number of hydrogen-bond donors (Lipinski definition) is 1. The maximum Gasteiger partial charge on any atom is 0.239 e. The zero-order valence-corrected chi connectivity index (χ0v) is 13.6. The molecule has 7 heteroatoms. The maximum atomic E-state index is 12.0. The first-order valence-electron chi connectivity index (χ1n) is 6.93. The van der Waals surface area contributed by atoms with Crippen molar-refractivity contribution in [3.8, 4) is 0 Å². The van der Waals surface area contributed by atoms with E-state index in [0.717, 1.165) is 0 Å². The standard InChI is InChI=1S/C16H20N2O4S/c1-3-10-18(11-4-2)16(20)13-23(21,22)12-15(19)17-14-8-6-5-7-9-14/h3-9H,1-2,10-13H2,(H,17,19). The van der Waals surface area contributed by atoms with E-state index in [0.29, 0.717) is 5.69 Å². The number of rotatable bonds is 9. The number of carbonyl (C=O) groups is 2. The molecular formula is C16H20N2O4S. The Bertz CT molecular complexity index is 659. The van der Waals surface area contributed by atoms with Crippen LogP contribution in [0.25, 0.3) is 0 Å². The second-order valence-corrected chi connectivity index (χ2v) is 6.89. The number of para-hydroxylation sites is 1. The zero-order chi connectivity index (χ0) is 17.3. The van der Waals surface area contributed by atoms with Crippen LogP contribution in [0.4, 0.5) is 5.69 Å². The predicted octanol–water partition coefficient (Wildman–Crippen LogP) is 1.24. The van der Waals surface area contributed by atoms with Gasteiger partial charge in [-0.05, 0) is 12.1 Å². The topological polar surface area (TPSA) is 83.6 Å². The van der Waals surface area contributed by atoms with Crippen molar-refractivity contribution in [2.24, 2.45) is 0 Å². The molecule has 1 N–H and O–H groups in total. The molecular weight excluding hydrogens is 316 g/mol. The molecule has 1 aromatic carbocycles. The van der Waals surface area contributed by atoms with Gasteiger partial charge in [-0.1, -0.05) is 30.4 Å². The van der Waals surface area contributed by atoms with Gasteiger partial charge in [0.2, 0.25) is 11.8 Å². The second kappa shape index (κ2) is 8.89. The number of carbonyl (C=O) groups excluding carboxylic acids is 2. The Morgan fingerprint density at radius 2 is 1.61 bits per heavy atom. The van der Waals surface area contributed by atoms with E-state index in [9.17, 15) is 18.0 Å². The van der Waals surface area contributed by atoms with E-state index in [1.54, 1.807) is 30.3 Å². The average molecular weight is 336 g/mol. The minimum absolute atomic E-state index is 0.219. The molecule has 0 bridgehead atoms. The average Bonchev–Trinajstić information content (AvgIpc) is 2.46. The molecule has 0 unspecified atom stereocenters. The van der Waals surface area contributed by atoms with Gasteiger partial charge in [-0.3, -0.25) is 9.59 Å². The lowest BCUT2D eigenvalue weighted by Crippen LogP contribution is -2.38. The van der Waals surface area contributed by atoms with Crippen LogP contribution >= 0.6 is 0 Å². The summed E-state index contributed by atoms with van der Waals surface area (Å²) in [5.74, 6) is -2.74. The van der Waals surface area contributed by atoms with Gasteiger partial charge in [0, 0.05) is 18.8 Å². The number of benzene rings is 1. The monoisotopic (exact) mass is 336 g/mol. The van der Waals surface area contributed by atoms with Crippen LogP contribution < -0.4 is 5.32 Å². The molecule has 124 valence electrons. The lowest BCUT2D eigenvalue weighted by Gasteiger charge is -2.19. The Hall–Kier alpha value is -2.41. The van der Waals surface area contributed by atoms with Gasteiger partial charge >= 0.3 is 0 Å². The molecule has 0 fully saturated rings. The van der Waals surface area contributed by atoms with Crippen molar-refractivity contribution in [3.63, 3.8) is 0 Å². The molecule has 0 saturated heterocycles. The summed E-state index contributed by atoms with van der Waals surface area (Å²) >= 11 is 0. The molecule has 0 atom stereocenters. The minimum Gasteiger partial charge on any atom is -0.334 e. The molecule has 6 nitrogen and oxygen atoms in total. The summed E-state index contributed by atoms with van der Waals surface area (Å²) in [5, 5.41) is 2.48. The number of amides is 2. The summed E-state index contributed by atoms with van der Waals surface area (Å²) in [6, 6.07) is 8.50. The van der Waals surface area contributed by atoms with Gasteiger partial charge in [0.25, 0.3) is 0 Å². The highest BCUT2D eigenvalue weighted by molar-refractivity contribution is 7.92. The summed E-state index contributed by atoms with van der Waals surface area (Å²) in [7, 11) is -3.85. The number of nitrogens with one attached hydrogen (secondary N) is 1. The minimum atomic E-state index is -3.85. The van der Waals surface area contributed by atoms with Crippen molar-refractivity contribution >= 4 is 27.3 Å². The molecule has 0 aromatic heterocycles. The van der Waals surface area contributed by atoms with Crippen LogP contribution in [0.15, 0.2) is 55.6 Å². The van der Waals surface area contributed by atoms with E-state index in [2.05, 4.69) is 18.5 Å². The number of anilines is 1. The van der Waals surface area contributed by atoms with E-state index < -0.39 is 33.2 Å². The molecule has 0 aliphatic heterocycles. The van der Waals surface area contributed by atoms with E-state index in [1.165, 1.54) is 17.1 Å². The van der Waals surface area contributed by atoms with Gasteiger partial charge in [-0.2, -0.15) is 0 Å². The molecule has 0 heterocycles. The summed E-state index contributed by atoms with van der Waals surface area (Å²) in [6.07, 6.45) is 2.99.